The minimum absolute atomic E-state index is 0.0982. The van der Waals surface area contributed by atoms with Crippen molar-refractivity contribution in [2.75, 3.05) is 12.4 Å². The molecule has 98 valence electrons. The van der Waals surface area contributed by atoms with Crippen LogP contribution in [0, 0.1) is 0 Å². The first-order valence-corrected chi connectivity index (χ1v) is 6.05. The van der Waals surface area contributed by atoms with Gasteiger partial charge in [0.05, 0.1) is 24.0 Å². The summed E-state index contributed by atoms with van der Waals surface area (Å²) in [4.78, 5) is 18.4. The Hall–Kier alpha value is -2.15. The molecule has 0 spiro atoms. The highest BCUT2D eigenvalue weighted by atomic mass is 79.9. The number of halogens is 1. The number of rotatable bonds is 4. The van der Waals surface area contributed by atoms with Crippen LogP contribution in [0.3, 0.4) is 0 Å². The van der Waals surface area contributed by atoms with Crippen molar-refractivity contribution >= 4 is 33.4 Å². The molecular weight excluding hydrogens is 314 g/mol. The second kappa shape index (κ2) is 5.66. The molecule has 0 atom stereocenters. The number of carboxylic acids is 1. The topological polar surface area (TPSA) is 84.3 Å². The lowest BCUT2D eigenvalue weighted by atomic mass is 10.3. The Kier molecular flexibility index (Phi) is 3.96. The Morgan fingerprint density at radius 2 is 2.16 bits per heavy atom. The summed E-state index contributed by atoms with van der Waals surface area (Å²) in [5.41, 5.74) is 0.663. The van der Waals surface area contributed by atoms with Gasteiger partial charge in [-0.05, 0) is 28.1 Å². The predicted octanol–water partition coefficient (Wildman–Crippen LogP) is 2.69. The van der Waals surface area contributed by atoms with E-state index >= 15 is 0 Å². The maximum Gasteiger partial charge on any atom is 0.356 e. The lowest BCUT2D eigenvalue weighted by Gasteiger charge is -2.08. The summed E-state index contributed by atoms with van der Waals surface area (Å²) in [5, 5.41) is 11.7. The predicted molar refractivity (Wildman–Crippen MR) is 73.0 cm³/mol. The molecule has 0 saturated carbocycles. The van der Waals surface area contributed by atoms with Gasteiger partial charge in [0.15, 0.2) is 5.69 Å². The summed E-state index contributed by atoms with van der Waals surface area (Å²) in [7, 11) is 1.57. The molecule has 19 heavy (non-hydrogen) atoms. The molecule has 0 radical (unpaired) electrons. The largest absolute Gasteiger partial charge is 0.495 e. The first-order valence-electron chi connectivity index (χ1n) is 5.26. The minimum atomic E-state index is -1.11. The SMILES string of the molecule is COc1cc(Nc2cnc(C(=O)O)cn2)ccc1Br. The lowest BCUT2D eigenvalue weighted by molar-refractivity contribution is 0.0690. The lowest BCUT2D eigenvalue weighted by Crippen LogP contribution is -2.02. The molecule has 2 rings (SSSR count). The van der Waals surface area contributed by atoms with E-state index in [0.29, 0.717) is 11.6 Å². The van der Waals surface area contributed by atoms with Crippen LogP contribution < -0.4 is 10.1 Å². The van der Waals surface area contributed by atoms with Gasteiger partial charge in [-0.3, -0.25) is 0 Å². The molecule has 1 aromatic carbocycles. The zero-order valence-electron chi connectivity index (χ0n) is 9.92. The molecule has 6 nitrogen and oxygen atoms in total. The van der Waals surface area contributed by atoms with Crippen LogP contribution in [0.15, 0.2) is 35.1 Å². The highest BCUT2D eigenvalue weighted by Crippen LogP contribution is 2.28. The number of carbonyl (C=O) groups is 1. The van der Waals surface area contributed by atoms with Crippen LogP contribution in [0.2, 0.25) is 0 Å². The standard InChI is InChI=1S/C12H10BrN3O3/c1-19-10-4-7(2-3-8(10)13)16-11-6-14-9(5-15-11)12(17)18/h2-6H,1H3,(H,15,16)(H,17,18). The molecule has 0 bridgehead atoms. The van der Waals surface area contributed by atoms with Gasteiger partial charge < -0.3 is 15.2 Å². The Bertz CT molecular complexity index is 602. The molecule has 2 N–H and O–H groups in total. The third-order valence-electron chi connectivity index (χ3n) is 2.29. The van der Waals surface area contributed by atoms with Crippen LogP contribution in [-0.2, 0) is 0 Å². The van der Waals surface area contributed by atoms with E-state index in [1.807, 2.05) is 12.1 Å². The van der Waals surface area contributed by atoms with Crippen molar-refractivity contribution in [3.63, 3.8) is 0 Å². The van der Waals surface area contributed by atoms with Crippen LogP contribution in [-0.4, -0.2) is 28.2 Å². The second-order valence-corrected chi connectivity index (χ2v) is 4.42. The fourth-order valence-electron chi connectivity index (χ4n) is 1.39. The van der Waals surface area contributed by atoms with Crippen molar-refractivity contribution in [2.45, 2.75) is 0 Å². The number of anilines is 2. The second-order valence-electron chi connectivity index (χ2n) is 3.57. The van der Waals surface area contributed by atoms with Gasteiger partial charge in [-0.2, -0.15) is 0 Å². The normalized spacial score (nSPS) is 10.0. The third-order valence-corrected chi connectivity index (χ3v) is 2.95. The van der Waals surface area contributed by atoms with Gasteiger partial charge in [0.2, 0.25) is 0 Å². The van der Waals surface area contributed by atoms with Gasteiger partial charge in [-0.25, -0.2) is 14.8 Å². The van der Waals surface area contributed by atoms with E-state index in [2.05, 4.69) is 31.2 Å². The summed E-state index contributed by atoms with van der Waals surface area (Å²) in [6.07, 6.45) is 2.55. The van der Waals surface area contributed by atoms with Crippen LogP contribution in [0.1, 0.15) is 10.5 Å². The number of nitrogens with one attached hydrogen (secondary N) is 1. The van der Waals surface area contributed by atoms with Gasteiger partial charge in [0.25, 0.3) is 0 Å². The summed E-state index contributed by atoms with van der Waals surface area (Å²) in [5.74, 6) is 0.0267. The smallest absolute Gasteiger partial charge is 0.356 e. The number of nitrogens with zero attached hydrogens (tertiary/aromatic N) is 2. The Morgan fingerprint density at radius 3 is 2.74 bits per heavy atom. The first kappa shape index (κ1) is 13.3. The molecule has 1 heterocycles. The quantitative estimate of drug-likeness (QED) is 0.899. The van der Waals surface area contributed by atoms with E-state index in [9.17, 15) is 4.79 Å². The minimum Gasteiger partial charge on any atom is -0.495 e. The summed E-state index contributed by atoms with van der Waals surface area (Å²) in [6.45, 7) is 0. The van der Waals surface area contributed by atoms with Gasteiger partial charge >= 0.3 is 5.97 Å². The number of aromatic carboxylic acids is 1. The zero-order chi connectivity index (χ0) is 13.8. The fraction of sp³-hybridized carbons (Fsp3) is 0.0833. The summed E-state index contributed by atoms with van der Waals surface area (Å²) in [6, 6.07) is 5.45. The van der Waals surface area contributed by atoms with Crippen molar-refractivity contribution in [3.8, 4) is 5.75 Å². The van der Waals surface area contributed by atoms with Crippen LogP contribution >= 0.6 is 15.9 Å². The number of methoxy groups -OCH3 is 1. The summed E-state index contributed by atoms with van der Waals surface area (Å²) >= 11 is 3.36. The molecule has 0 aliphatic carbocycles. The van der Waals surface area contributed by atoms with Gasteiger partial charge in [0.1, 0.15) is 11.6 Å². The van der Waals surface area contributed by atoms with E-state index in [1.165, 1.54) is 12.4 Å². The molecule has 0 aliphatic heterocycles. The Morgan fingerprint density at radius 1 is 1.37 bits per heavy atom. The van der Waals surface area contributed by atoms with E-state index in [1.54, 1.807) is 13.2 Å². The maximum absolute atomic E-state index is 10.6. The first-order chi connectivity index (χ1) is 9.10. The van der Waals surface area contributed by atoms with Crippen molar-refractivity contribution in [1.29, 1.82) is 0 Å². The Balaban J connectivity index is 2.19. The van der Waals surface area contributed by atoms with Crippen molar-refractivity contribution < 1.29 is 14.6 Å². The highest BCUT2D eigenvalue weighted by molar-refractivity contribution is 9.10. The number of aromatic nitrogens is 2. The molecule has 0 saturated heterocycles. The van der Waals surface area contributed by atoms with Crippen molar-refractivity contribution in [2.24, 2.45) is 0 Å². The molecule has 1 aromatic heterocycles. The average molecular weight is 324 g/mol. The average Bonchev–Trinajstić information content (AvgIpc) is 2.41. The molecule has 0 fully saturated rings. The monoisotopic (exact) mass is 323 g/mol. The van der Waals surface area contributed by atoms with E-state index in [-0.39, 0.29) is 5.69 Å². The van der Waals surface area contributed by atoms with Crippen molar-refractivity contribution in [3.05, 3.63) is 40.8 Å². The zero-order valence-corrected chi connectivity index (χ0v) is 11.5. The van der Waals surface area contributed by atoms with E-state index in [4.69, 9.17) is 9.84 Å². The third kappa shape index (κ3) is 3.19. The van der Waals surface area contributed by atoms with Gasteiger partial charge in [-0.15, -0.1) is 0 Å². The van der Waals surface area contributed by atoms with Crippen LogP contribution in [0.4, 0.5) is 11.5 Å². The van der Waals surface area contributed by atoms with E-state index < -0.39 is 5.97 Å². The maximum atomic E-state index is 10.6. The molecule has 0 unspecified atom stereocenters. The number of hydrogen-bond donors (Lipinski definition) is 2. The number of hydrogen-bond acceptors (Lipinski definition) is 5. The molecule has 2 aromatic rings. The van der Waals surface area contributed by atoms with Crippen LogP contribution in [0.25, 0.3) is 0 Å². The molecule has 7 heteroatoms. The number of benzene rings is 1. The molecule has 0 amide bonds. The summed E-state index contributed by atoms with van der Waals surface area (Å²) < 4.78 is 6.01. The number of carboxylic acid groups (broad SMARTS) is 1. The number of ether oxygens (including phenoxy) is 1. The fourth-order valence-corrected chi connectivity index (χ4v) is 1.80. The molecular formula is C12H10BrN3O3. The molecule has 0 aliphatic rings. The van der Waals surface area contributed by atoms with Gasteiger partial charge in [-0.1, -0.05) is 0 Å². The van der Waals surface area contributed by atoms with E-state index in [0.717, 1.165) is 10.2 Å². The van der Waals surface area contributed by atoms with Crippen LogP contribution in [0.5, 0.6) is 5.75 Å². The Labute approximate surface area is 117 Å². The highest BCUT2D eigenvalue weighted by Gasteiger charge is 2.06. The van der Waals surface area contributed by atoms with Crippen molar-refractivity contribution in [1.82, 2.24) is 9.97 Å². The van der Waals surface area contributed by atoms with Gasteiger partial charge in [0, 0.05) is 11.8 Å².